The van der Waals surface area contributed by atoms with Gasteiger partial charge in [0.2, 0.25) is 0 Å². The van der Waals surface area contributed by atoms with Gasteiger partial charge in [0.25, 0.3) is 0 Å². The highest BCUT2D eigenvalue weighted by Crippen LogP contribution is 2.61. The normalized spacial score (nSPS) is 14.4. The Labute approximate surface area is 394 Å². The van der Waals surface area contributed by atoms with Crippen LogP contribution >= 0.6 is 0 Å². The highest BCUT2D eigenvalue weighted by Gasteiger charge is 2.54. The van der Waals surface area contributed by atoms with E-state index in [9.17, 15) is 0 Å². The Morgan fingerprint density at radius 1 is 0.433 bits per heavy atom. The molecule has 9 aromatic carbocycles. The predicted octanol–water partition coefficient (Wildman–Crippen LogP) is 15.3. The summed E-state index contributed by atoms with van der Waals surface area (Å²) in [6, 6.07) is 75.2. The minimum Gasteiger partial charge on any atom is -0.456 e. The summed E-state index contributed by atoms with van der Waals surface area (Å²) in [5.74, 6) is 0. The van der Waals surface area contributed by atoms with E-state index in [1.54, 1.807) is 0 Å². The molecular formula is C63H51BN2O. The summed E-state index contributed by atoms with van der Waals surface area (Å²) in [5, 5.41) is 2.24. The van der Waals surface area contributed by atoms with E-state index in [1.165, 1.54) is 83.6 Å². The number of fused-ring (bicyclic) bond motifs is 9. The average Bonchev–Trinajstić information content (AvgIpc) is 3.72. The molecule has 0 aliphatic carbocycles. The largest absolute Gasteiger partial charge is 0.456 e. The van der Waals surface area contributed by atoms with Crippen molar-refractivity contribution in [1.29, 1.82) is 0 Å². The first kappa shape index (κ1) is 39.8. The molecule has 322 valence electrons. The van der Waals surface area contributed by atoms with Gasteiger partial charge in [-0.15, -0.1) is 0 Å². The lowest BCUT2D eigenvalue weighted by atomic mass is 9.42. The van der Waals surface area contributed by atoms with Gasteiger partial charge in [-0.2, -0.15) is 0 Å². The van der Waals surface area contributed by atoms with Gasteiger partial charge in [-0.1, -0.05) is 199 Å². The van der Waals surface area contributed by atoms with Crippen molar-refractivity contribution in [3.05, 3.63) is 234 Å². The SMILES string of the molecule is CC(C)(C)c1ccc(N2c3cc4c(cc3B3c5c(cc(C(C)(C)C)cc52)-c2cccc5c2N3c2ccccc2C5(c2ccccc2)c2ccccc2)oc2ccccc24)c(-c2ccccc2)c1. The summed E-state index contributed by atoms with van der Waals surface area (Å²) < 4.78 is 6.86. The van der Waals surface area contributed by atoms with E-state index in [0.717, 1.165) is 33.3 Å². The van der Waals surface area contributed by atoms with Crippen LogP contribution in [0.5, 0.6) is 0 Å². The van der Waals surface area contributed by atoms with Crippen LogP contribution in [0.3, 0.4) is 0 Å². The quantitative estimate of drug-likeness (QED) is 0.164. The Kier molecular flexibility index (Phi) is 8.45. The zero-order valence-electron chi connectivity index (χ0n) is 38.9. The maximum Gasteiger partial charge on any atom is 0.333 e. The number of benzene rings is 9. The van der Waals surface area contributed by atoms with Crippen molar-refractivity contribution in [3.8, 4) is 22.3 Å². The van der Waals surface area contributed by atoms with Gasteiger partial charge < -0.3 is 14.1 Å². The standard InChI is InChI=1S/C63H51BN2O/c1-61(2,3)43-33-34-53(47(35-43)40-21-10-7-11-22-40)65-55-38-48-45-27-16-19-32-57(45)67-58(48)39-52(55)64-59-49(36-44(37-56(59)65)62(4,5)6)46-28-20-30-51-60(46)66(64)54-31-18-17-29-50(54)63(51,41-23-12-8-13-24-41)42-25-14-9-15-26-42/h7-39H,1-6H3. The van der Waals surface area contributed by atoms with Crippen LogP contribution in [0.25, 0.3) is 44.2 Å². The summed E-state index contributed by atoms with van der Waals surface area (Å²) in [6.45, 7) is 13.8. The molecule has 1 aromatic heterocycles. The average molecular weight is 863 g/mol. The Morgan fingerprint density at radius 2 is 1.06 bits per heavy atom. The van der Waals surface area contributed by atoms with E-state index in [4.69, 9.17) is 4.42 Å². The van der Waals surface area contributed by atoms with Gasteiger partial charge in [0.15, 0.2) is 0 Å². The third-order valence-electron chi connectivity index (χ3n) is 15.0. The van der Waals surface area contributed by atoms with Gasteiger partial charge in [0.1, 0.15) is 11.2 Å². The molecule has 0 radical (unpaired) electrons. The molecule has 13 rings (SSSR count). The summed E-state index contributed by atoms with van der Waals surface area (Å²) in [4.78, 5) is 5.32. The minimum atomic E-state index is -0.589. The van der Waals surface area contributed by atoms with E-state index < -0.39 is 5.41 Å². The lowest BCUT2D eigenvalue weighted by Gasteiger charge is -2.53. The van der Waals surface area contributed by atoms with Crippen molar-refractivity contribution in [1.82, 2.24) is 0 Å². The maximum atomic E-state index is 6.86. The fourth-order valence-electron chi connectivity index (χ4n) is 11.8. The van der Waals surface area contributed by atoms with Crippen LogP contribution < -0.4 is 20.6 Å². The van der Waals surface area contributed by atoms with E-state index in [-0.39, 0.29) is 17.7 Å². The molecular weight excluding hydrogens is 812 g/mol. The van der Waals surface area contributed by atoms with Crippen LogP contribution in [0.1, 0.15) is 74.9 Å². The Balaban J connectivity index is 1.21. The van der Waals surface area contributed by atoms with Crippen molar-refractivity contribution in [3.63, 3.8) is 0 Å². The number of nitrogens with zero attached hydrogens (tertiary/aromatic N) is 2. The molecule has 3 aliphatic rings. The highest BCUT2D eigenvalue weighted by molar-refractivity contribution is 6.94. The van der Waals surface area contributed by atoms with Gasteiger partial charge in [0, 0.05) is 44.6 Å². The lowest BCUT2D eigenvalue weighted by Crippen LogP contribution is -2.63. The minimum absolute atomic E-state index is 0.0437. The van der Waals surface area contributed by atoms with Crippen LogP contribution in [0.15, 0.2) is 205 Å². The smallest absolute Gasteiger partial charge is 0.333 e. The highest BCUT2D eigenvalue weighted by atomic mass is 16.3. The monoisotopic (exact) mass is 862 g/mol. The van der Waals surface area contributed by atoms with Gasteiger partial charge in [0.05, 0.1) is 11.1 Å². The molecule has 67 heavy (non-hydrogen) atoms. The topological polar surface area (TPSA) is 19.6 Å². The van der Waals surface area contributed by atoms with Crippen LogP contribution in [0.2, 0.25) is 0 Å². The predicted molar refractivity (Wildman–Crippen MR) is 282 cm³/mol. The fraction of sp³-hybridized carbons (Fsp3) is 0.143. The van der Waals surface area contributed by atoms with Crippen LogP contribution in [0.4, 0.5) is 28.4 Å². The molecule has 0 spiro atoms. The van der Waals surface area contributed by atoms with E-state index in [1.807, 2.05) is 0 Å². The summed E-state index contributed by atoms with van der Waals surface area (Å²) in [5.41, 5.74) is 22.1. The first-order valence-corrected chi connectivity index (χ1v) is 23.8. The number of anilines is 5. The molecule has 0 saturated carbocycles. The molecule has 0 atom stereocenters. The van der Waals surface area contributed by atoms with Gasteiger partial charge in [-0.25, -0.2) is 0 Å². The molecule has 0 amide bonds. The lowest BCUT2D eigenvalue weighted by molar-refractivity contribution is 0.590. The van der Waals surface area contributed by atoms with Crippen LogP contribution in [0, 0.1) is 0 Å². The molecule has 0 saturated heterocycles. The van der Waals surface area contributed by atoms with Crippen molar-refractivity contribution >= 4 is 68.1 Å². The first-order chi connectivity index (χ1) is 32.5. The number of furan rings is 1. The van der Waals surface area contributed by atoms with E-state index in [2.05, 4.69) is 251 Å². The summed E-state index contributed by atoms with van der Waals surface area (Å²) >= 11 is 0. The van der Waals surface area contributed by atoms with Crippen molar-refractivity contribution in [2.24, 2.45) is 0 Å². The summed E-state index contributed by atoms with van der Waals surface area (Å²) in [6.07, 6.45) is 0. The van der Waals surface area contributed by atoms with Crippen molar-refractivity contribution in [2.75, 3.05) is 9.71 Å². The first-order valence-electron chi connectivity index (χ1n) is 23.8. The molecule has 3 aliphatic heterocycles. The Morgan fingerprint density at radius 3 is 1.78 bits per heavy atom. The Bertz CT molecular complexity index is 3580. The Hall–Kier alpha value is -7.56. The third kappa shape index (κ3) is 5.66. The number of rotatable bonds is 4. The van der Waals surface area contributed by atoms with Gasteiger partial charge in [-0.05, 0) is 109 Å². The number of para-hydroxylation sites is 3. The zero-order chi connectivity index (χ0) is 45.4. The second-order valence-corrected chi connectivity index (χ2v) is 20.9. The number of hydrogen-bond acceptors (Lipinski definition) is 3. The third-order valence-corrected chi connectivity index (χ3v) is 15.0. The molecule has 3 nitrogen and oxygen atoms in total. The molecule has 4 heteroatoms. The fourth-order valence-corrected chi connectivity index (χ4v) is 11.8. The molecule has 0 fully saturated rings. The van der Waals surface area contributed by atoms with Crippen LogP contribution in [-0.4, -0.2) is 6.85 Å². The molecule has 0 bridgehead atoms. The van der Waals surface area contributed by atoms with E-state index >= 15 is 0 Å². The zero-order valence-corrected chi connectivity index (χ0v) is 38.9. The second-order valence-electron chi connectivity index (χ2n) is 20.9. The van der Waals surface area contributed by atoms with Gasteiger partial charge in [-0.3, -0.25) is 0 Å². The molecule has 0 unspecified atom stereocenters. The second kappa shape index (κ2) is 14.2. The maximum absolute atomic E-state index is 6.86. The van der Waals surface area contributed by atoms with Crippen molar-refractivity contribution in [2.45, 2.75) is 57.8 Å². The van der Waals surface area contributed by atoms with Crippen LogP contribution in [-0.2, 0) is 16.2 Å². The molecule has 4 heterocycles. The van der Waals surface area contributed by atoms with Gasteiger partial charge >= 0.3 is 6.85 Å². The molecule has 10 aromatic rings. The number of hydrogen-bond donors (Lipinski definition) is 0. The molecule has 0 N–H and O–H groups in total. The summed E-state index contributed by atoms with van der Waals surface area (Å²) in [7, 11) is 0. The van der Waals surface area contributed by atoms with Crippen molar-refractivity contribution < 1.29 is 4.42 Å². The van der Waals surface area contributed by atoms with E-state index in [0.29, 0.717) is 0 Å².